The average molecular weight is 320 g/mol. The highest BCUT2D eigenvalue weighted by atomic mass is 35.5. The van der Waals surface area contributed by atoms with Crippen LogP contribution in [0.25, 0.3) is 0 Å². The zero-order valence-electron chi connectivity index (χ0n) is 12.7. The van der Waals surface area contributed by atoms with E-state index in [0.29, 0.717) is 6.54 Å². The molecule has 0 aliphatic heterocycles. The highest BCUT2D eigenvalue weighted by molar-refractivity contribution is 6.31. The van der Waals surface area contributed by atoms with Crippen LogP contribution in [0, 0.1) is 0 Å². The molecule has 0 spiro atoms. The summed E-state index contributed by atoms with van der Waals surface area (Å²) in [6.45, 7) is 2.36. The lowest BCUT2D eigenvalue weighted by molar-refractivity contribution is -0.682. The van der Waals surface area contributed by atoms with E-state index in [-0.39, 0.29) is 11.9 Å². The maximum Gasteiger partial charge on any atom is 0.279 e. The number of hydrogen-bond donors (Lipinski definition) is 2. The van der Waals surface area contributed by atoms with Crippen molar-refractivity contribution in [2.45, 2.75) is 13.0 Å². The Bertz CT molecular complexity index is 629. The Labute approximate surface area is 135 Å². The number of ether oxygens (including phenoxy) is 1. The summed E-state index contributed by atoms with van der Waals surface area (Å²) < 4.78 is 5.08. The van der Waals surface area contributed by atoms with E-state index < -0.39 is 0 Å². The van der Waals surface area contributed by atoms with Crippen LogP contribution in [0.4, 0.5) is 5.69 Å². The fraction of sp³-hybridized carbons (Fsp3) is 0.235. The number of nitrogens with two attached hydrogens (primary N) is 1. The first kappa shape index (κ1) is 16.3. The predicted octanol–water partition coefficient (Wildman–Crippen LogP) is 2.61. The van der Waals surface area contributed by atoms with Crippen LogP contribution >= 0.6 is 11.6 Å². The van der Waals surface area contributed by atoms with Gasteiger partial charge in [-0.05, 0) is 37.3 Å². The second-order valence-corrected chi connectivity index (χ2v) is 5.43. The van der Waals surface area contributed by atoms with Gasteiger partial charge in [0.05, 0.1) is 7.11 Å². The third-order valence-corrected chi connectivity index (χ3v) is 3.77. The Morgan fingerprint density at radius 3 is 2.55 bits per heavy atom. The van der Waals surface area contributed by atoms with Gasteiger partial charge in [0.15, 0.2) is 6.54 Å². The largest absolute Gasteiger partial charge is 0.497 e. The number of rotatable bonds is 6. The maximum atomic E-state index is 12.0. The van der Waals surface area contributed by atoms with Crippen molar-refractivity contribution >= 4 is 23.2 Å². The van der Waals surface area contributed by atoms with Gasteiger partial charge in [-0.2, -0.15) is 0 Å². The van der Waals surface area contributed by atoms with Gasteiger partial charge >= 0.3 is 0 Å². The number of hydrogen-bond acceptors (Lipinski definition) is 2. The van der Waals surface area contributed by atoms with Gasteiger partial charge in [0.2, 0.25) is 0 Å². The molecule has 0 saturated heterocycles. The molecule has 0 unspecified atom stereocenters. The number of benzene rings is 2. The lowest BCUT2D eigenvalue weighted by Gasteiger charge is -2.12. The van der Waals surface area contributed by atoms with Crippen molar-refractivity contribution in [3.8, 4) is 5.75 Å². The molecule has 2 aromatic carbocycles. The molecule has 5 heteroatoms. The summed E-state index contributed by atoms with van der Waals surface area (Å²) in [5, 5.41) is 5.54. The van der Waals surface area contributed by atoms with Crippen LogP contribution in [0.3, 0.4) is 0 Å². The van der Waals surface area contributed by atoms with Crippen LogP contribution in [-0.4, -0.2) is 19.6 Å². The number of methoxy groups -OCH3 is 1. The molecule has 2 rings (SSSR count). The molecule has 1 atom stereocenters. The van der Waals surface area contributed by atoms with Crippen molar-refractivity contribution in [3.05, 3.63) is 59.1 Å². The molecule has 22 heavy (non-hydrogen) atoms. The fourth-order valence-corrected chi connectivity index (χ4v) is 2.45. The maximum absolute atomic E-state index is 12.0. The number of carbonyl (C=O) groups excluding carboxylic acids is 1. The minimum absolute atomic E-state index is 0.0518. The molecule has 0 aliphatic carbocycles. The van der Waals surface area contributed by atoms with Gasteiger partial charge in [-0.15, -0.1) is 0 Å². The van der Waals surface area contributed by atoms with Gasteiger partial charge in [-0.25, -0.2) is 0 Å². The summed E-state index contributed by atoms with van der Waals surface area (Å²) in [7, 11) is 1.61. The summed E-state index contributed by atoms with van der Waals surface area (Å²) in [5.74, 6) is 0.709. The Hall–Kier alpha value is -2.04. The monoisotopic (exact) mass is 319 g/mol. The molecule has 116 valence electrons. The van der Waals surface area contributed by atoms with E-state index in [1.54, 1.807) is 7.11 Å². The van der Waals surface area contributed by atoms with Crippen LogP contribution in [0.15, 0.2) is 48.5 Å². The number of quaternary nitrogens is 1. The van der Waals surface area contributed by atoms with E-state index in [2.05, 4.69) is 5.32 Å². The van der Waals surface area contributed by atoms with Crippen LogP contribution in [0.1, 0.15) is 18.5 Å². The number of anilines is 1. The van der Waals surface area contributed by atoms with Crippen LogP contribution in [0.5, 0.6) is 5.75 Å². The Kier molecular flexibility index (Phi) is 5.81. The molecule has 0 saturated carbocycles. The van der Waals surface area contributed by atoms with Crippen molar-refractivity contribution in [1.29, 1.82) is 0 Å². The lowest BCUT2D eigenvalue weighted by Crippen LogP contribution is -2.86. The summed E-state index contributed by atoms with van der Waals surface area (Å²) in [5.41, 5.74) is 1.78. The van der Waals surface area contributed by atoms with Crippen molar-refractivity contribution in [1.82, 2.24) is 0 Å². The molecule has 1 amide bonds. The lowest BCUT2D eigenvalue weighted by atomic mass is 10.1. The zero-order valence-corrected chi connectivity index (χ0v) is 13.4. The highest BCUT2D eigenvalue weighted by Crippen LogP contribution is 2.19. The average Bonchev–Trinajstić information content (AvgIpc) is 2.54. The minimum Gasteiger partial charge on any atom is -0.497 e. The molecular formula is C17H20ClN2O2+. The summed E-state index contributed by atoms with van der Waals surface area (Å²) >= 11 is 6.16. The molecule has 2 aromatic rings. The van der Waals surface area contributed by atoms with Crippen LogP contribution in [0.2, 0.25) is 5.02 Å². The van der Waals surface area contributed by atoms with Gasteiger partial charge in [0.1, 0.15) is 11.8 Å². The molecule has 3 N–H and O–H groups in total. The summed E-state index contributed by atoms with van der Waals surface area (Å²) in [4.78, 5) is 12.0. The van der Waals surface area contributed by atoms with Gasteiger partial charge in [0.25, 0.3) is 5.91 Å². The standard InChI is InChI=1S/C17H19ClN2O2/c1-12(15-5-3-4-6-16(15)18)19-11-17(21)20-13-7-9-14(22-2)10-8-13/h3-10,12,19H,11H2,1-2H3,(H,20,21)/p+1/t12-/m1/s1. The highest BCUT2D eigenvalue weighted by Gasteiger charge is 2.14. The third kappa shape index (κ3) is 4.48. The van der Waals surface area contributed by atoms with E-state index in [1.165, 1.54) is 0 Å². The first-order chi connectivity index (χ1) is 10.6. The van der Waals surface area contributed by atoms with Crippen molar-refractivity contribution in [2.75, 3.05) is 19.0 Å². The smallest absolute Gasteiger partial charge is 0.279 e. The molecule has 0 radical (unpaired) electrons. The number of carbonyl (C=O) groups is 1. The Morgan fingerprint density at radius 2 is 1.91 bits per heavy atom. The summed E-state index contributed by atoms with van der Waals surface area (Å²) in [6.07, 6.45) is 0. The third-order valence-electron chi connectivity index (χ3n) is 3.43. The topological polar surface area (TPSA) is 54.9 Å². The first-order valence-electron chi connectivity index (χ1n) is 7.12. The molecule has 0 fully saturated rings. The number of amides is 1. The van der Waals surface area contributed by atoms with Crippen molar-refractivity contribution in [3.63, 3.8) is 0 Å². The predicted molar refractivity (Wildman–Crippen MR) is 88.3 cm³/mol. The molecule has 0 heterocycles. The molecule has 4 nitrogen and oxygen atoms in total. The Morgan fingerprint density at radius 1 is 1.23 bits per heavy atom. The van der Waals surface area contributed by atoms with Crippen molar-refractivity contribution < 1.29 is 14.8 Å². The molecule has 0 aliphatic rings. The quantitative estimate of drug-likeness (QED) is 0.860. The van der Waals surface area contributed by atoms with E-state index >= 15 is 0 Å². The molecule has 0 aromatic heterocycles. The fourth-order valence-electron chi connectivity index (χ4n) is 2.14. The van der Waals surface area contributed by atoms with E-state index in [0.717, 1.165) is 22.0 Å². The zero-order chi connectivity index (χ0) is 15.9. The second-order valence-electron chi connectivity index (χ2n) is 5.03. The number of halogens is 1. The summed E-state index contributed by atoms with van der Waals surface area (Å²) in [6, 6.07) is 15.1. The van der Waals surface area contributed by atoms with Crippen molar-refractivity contribution in [2.24, 2.45) is 0 Å². The number of nitrogens with one attached hydrogen (secondary N) is 1. The molecular weight excluding hydrogens is 300 g/mol. The van der Waals surface area contributed by atoms with E-state index in [4.69, 9.17) is 16.3 Å². The van der Waals surface area contributed by atoms with Crippen LogP contribution in [-0.2, 0) is 4.79 Å². The Balaban J connectivity index is 1.85. The van der Waals surface area contributed by atoms with Gasteiger partial charge in [-0.3, -0.25) is 4.79 Å². The first-order valence-corrected chi connectivity index (χ1v) is 7.49. The van der Waals surface area contributed by atoms with Gasteiger partial charge in [-0.1, -0.05) is 29.8 Å². The minimum atomic E-state index is -0.0518. The van der Waals surface area contributed by atoms with Crippen LogP contribution < -0.4 is 15.4 Å². The van der Waals surface area contributed by atoms with Gasteiger partial charge < -0.3 is 15.4 Å². The van der Waals surface area contributed by atoms with E-state index in [1.807, 2.05) is 60.8 Å². The molecule has 0 bridgehead atoms. The normalized spacial score (nSPS) is 11.8. The SMILES string of the molecule is COc1ccc(NC(=O)C[NH2+][C@H](C)c2ccccc2Cl)cc1. The second kappa shape index (κ2) is 7.82. The van der Waals surface area contributed by atoms with Gasteiger partial charge in [0, 0.05) is 16.3 Å². The van der Waals surface area contributed by atoms with E-state index in [9.17, 15) is 4.79 Å².